The van der Waals surface area contributed by atoms with Gasteiger partial charge in [-0.2, -0.15) is 5.10 Å². The highest BCUT2D eigenvalue weighted by Crippen LogP contribution is 2.26. The molecule has 3 nitrogen and oxygen atoms in total. The molecule has 2 rings (SSSR count). The van der Waals surface area contributed by atoms with Gasteiger partial charge in [0, 0.05) is 24.8 Å². The Hall–Kier alpha value is -0.830. The van der Waals surface area contributed by atoms with E-state index in [2.05, 4.69) is 48.6 Å². The van der Waals surface area contributed by atoms with E-state index >= 15 is 0 Å². The van der Waals surface area contributed by atoms with Crippen molar-refractivity contribution in [1.82, 2.24) is 14.7 Å². The second-order valence-corrected chi connectivity index (χ2v) is 5.89. The van der Waals surface area contributed by atoms with Crippen molar-refractivity contribution >= 4 is 0 Å². The SMILES string of the molecule is Cc1cnn(C2CCN(C(C)(C)C)CC2)c1. The van der Waals surface area contributed by atoms with Gasteiger partial charge in [-0.05, 0) is 46.1 Å². The summed E-state index contributed by atoms with van der Waals surface area (Å²) in [6.45, 7) is 11.4. The molecule has 1 aliphatic rings. The molecule has 0 aliphatic carbocycles. The molecule has 0 radical (unpaired) electrons. The number of rotatable bonds is 1. The number of aryl methyl sites for hydroxylation is 1. The third-order valence-corrected chi connectivity index (χ3v) is 3.52. The van der Waals surface area contributed by atoms with Crippen LogP contribution in [-0.4, -0.2) is 33.3 Å². The van der Waals surface area contributed by atoms with Crippen molar-refractivity contribution in [2.45, 2.75) is 52.1 Å². The Morgan fingerprint density at radius 2 is 1.88 bits per heavy atom. The lowest BCUT2D eigenvalue weighted by Crippen LogP contribution is -2.46. The number of nitrogens with zero attached hydrogens (tertiary/aromatic N) is 3. The van der Waals surface area contributed by atoms with Gasteiger partial charge in [-0.1, -0.05) is 0 Å². The molecule has 2 heterocycles. The molecule has 0 aromatic carbocycles. The number of hydrogen-bond donors (Lipinski definition) is 0. The number of piperidine rings is 1. The summed E-state index contributed by atoms with van der Waals surface area (Å²) in [6, 6.07) is 0.604. The molecule has 0 bridgehead atoms. The summed E-state index contributed by atoms with van der Waals surface area (Å²) >= 11 is 0. The second-order valence-electron chi connectivity index (χ2n) is 5.89. The third kappa shape index (κ3) is 2.46. The van der Waals surface area contributed by atoms with E-state index in [1.807, 2.05) is 6.20 Å². The molecule has 0 unspecified atom stereocenters. The first-order chi connectivity index (χ1) is 7.47. The molecule has 16 heavy (non-hydrogen) atoms. The summed E-state index contributed by atoms with van der Waals surface area (Å²) in [5.74, 6) is 0. The largest absolute Gasteiger partial charge is 0.298 e. The first kappa shape index (κ1) is 11.6. The Kier molecular flexibility index (Phi) is 3.06. The summed E-state index contributed by atoms with van der Waals surface area (Å²) in [6.07, 6.45) is 6.56. The van der Waals surface area contributed by atoms with Crippen LogP contribution in [-0.2, 0) is 0 Å². The van der Waals surface area contributed by atoms with Gasteiger partial charge in [0.1, 0.15) is 0 Å². The highest BCUT2D eigenvalue weighted by atomic mass is 15.3. The maximum Gasteiger partial charge on any atom is 0.0543 e. The number of likely N-dealkylation sites (tertiary alicyclic amines) is 1. The summed E-state index contributed by atoms with van der Waals surface area (Å²) < 4.78 is 2.15. The van der Waals surface area contributed by atoms with E-state index in [-0.39, 0.29) is 0 Å². The van der Waals surface area contributed by atoms with E-state index in [0.29, 0.717) is 11.6 Å². The van der Waals surface area contributed by atoms with Gasteiger partial charge in [0.15, 0.2) is 0 Å². The third-order valence-electron chi connectivity index (χ3n) is 3.52. The second kappa shape index (κ2) is 4.21. The quantitative estimate of drug-likeness (QED) is 0.727. The van der Waals surface area contributed by atoms with Crippen LogP contribution in [0, 0.1) is 6.92 Å². The summed E-state index contributed by atoms with van der Waals surface area (Å²) in [5.41, 5.74) is 1.57. The standard InChI is InChI=1S/C13H23N3/c1-11-9-14-16(10-11)12-5-7-15(8-6-12)13(2,3)4/h9-10,12H,5-8H2,1-4H3. The molecular weight excluding hydrogens is 198 g/mol. The van der Waals surface area contributed by atoms with Gasteiger partial charge < -0.3 is 0 Å². The first-order valence-corrected chi connectivity index (χ1v) is 6.22. The Morgan fingerprint density at radius 3 is 2.31 bits per heavy atom. The Labute approximate surface area is 98.4 Å². The van der Waals surface area contributed by atoms with Crippen LogP contribution < -0.4 is 0 Å². The predicted molar refractivity (Wildman–Crippen MR) is 66.6 cm³/mol. The molecule has 0 N–H and O–H groups in total. The fourth-order valence-corrected chi connectivity index (χ4v) is 2.43. The van der Waals surface area contributed by atoms with Gasteiger partial charge in [-0.15, -0.1) is 0 Å². The zero-order valence-corrected chi connectivity index (χ0v) is 10.9. The molecule has 90 valence electrons. The lowest BCUT2D eigenvalue weighted by Gasteiger charge is -2.40. The zero-order chi connectivity index (χ0) is 11.8. The average molecular weight is 221 g/mol. The monoisotopic (exact) mass is 221 g/mol. The molecule has 1 aliphatic heterocycles. The minimum atomic E-state index is 0.311. The molecule has 0 amide bonds. The summed E-state index contributed by atoms with van der Waals surface area (Å²) in [4.78, 5) is 2.57. The number of hydrogen-bond acceptors (Lipinski definition) is 2. The normalized spacial score (nSPS) is 20.2. The van der Waals surface area contributed by atoms with Crippen molar-refractivity contribution in [2.24, 2.45) is 0 Å². The maximum atomic E-state index is 4.42. The topological polar surface area (TPSA) is 21.1 Å². The van der Waals surface area contributed by atoms with Gasteiger partial charge >= 0.3 is 0 Å². The van der Waals surface area contributed by atoms with Gasteiger partial charge in [0.2, 0.25) is 0 Å². The molecule has 0 spiro atoms. The molecule has 0 saturated carbocycles. The summed E-state index contributed by atoms with van der Waals surface area (Å²) in [7, 11) is 0. The lowest BCUT2D eigenvalue weighted by atomic mass is 9.98. The fraction of sp³-hybridized carbons (Fsp3) is 0.769. The van der Waals surface area contributed by atoms with Crippen LogP contribution >= 0.6 is 0 Å². The smallest absolute Gasteiger partial charge is 0.0543 e. The minimum absolute atomic E-state index is 0.311. The van der Waals surface area contributed by atoms with Gasteiger partial charge in [0.05, 0.1) is 12.2 Å². The first-order valence-electron chi connectivity index (χ1n) is 6.22. The van der Waals surface area contributed by atoms with Crippen LogP contribution in [0.1, 0.15) is 45.2 Å². The molecule has 3 heteroatoms. The lowest BCUT2D eigenvalue weighted by molar-refractivity contribution is 0.0870. The van der Waals surface area contributed by atoms with Crippen LogP contribution in [0.15, 0.2) is 12.4 Å². The van der Waals surface area contributed by atoms with E-state index in [9.17, 15) is 0 Å². The fourth-order valence-electron chi connectivity index (χ4n) is 2.43. The van der Waals surface area contributed by atoms with Crippen molar-refractivity contribution in [3.05, 3.63) is 18.0 Å². The zero-order valence-electron chi connectivity index (χ0n) is 10.9. The van der Waals surface area contributed by atoms with Crippen LogP contribution in [0.25, 0.3) is 0 Å². The van der Waals surface area contributed by atoms with E-state index in [1.165, 1.54) is 31.5 Å². The molecule has 1 saturated heterocycles. The van der Waals surface area contributed by atoms with Crippen LogP contribution in [0.5, 0.6) is 0 Å². The van der Waals surface area contributed by atoms with Crippen LogP contribution in [0.3, 0.4) is 0 Å². The number of aromatic nitrogens is 2. The van der Waals surface area contributed by atoms with Gasteiger partial charge in [0.25, 0.3) is 0 Å². The Balaban J connectivity index is 1.95. The molecule has 1 aromatic rings. The van der Waals surface area contributed by atoms with E-state index in [0.717, 1.165) is 0 Å². The minimum Gasteiger partial charge on any atom is -0.298 e. The van der Waals surface area contributed by atoms with Crippen molar-refractivity contribution in [3.63, 3.8) is 0 Å². The molecule has 1 aromatic heterocycles. The highest BCUT2D eigenvalue weighted by molar-refractivity contribution is 5.01. The van der Waals surface area contributed by atoms with Crippen LogP contribution in [0.4, 0.5) is 0 Å². The maximum absolute atomic E-state index is 4.42. The highest BCUT2D eigenvalue weighted by Gasteiger charge is 2.27. The van der Waals surface area contributed by atoms with E-state index < -0.39 is 0 Å². The molecular formula is C13H23N3. The molecule has 1 fully saturated rings. The van der Waals surface area contributed by atoms with Gasteiger partial charge in [-0.25, -0.2) is 0 Å². The van der Waals surface area contributed by atoms with E-state index in [1.54, 1.807) is 0 Å². The predicted octanol–water partition coefficient (Wildman–Crippen LogP) is 2.63. The van der Waals surface area contributed by atoms with Crippen molar-refractivity contribution < 1.29 is 0 Å². The van der Waals surface area contributed by atoms with Crippen LogP contribution in [0.2, 0.25) is 0 Å². The Morgan fingerprint density at radius 1 is 1.25 bits per heavy atom. The van der Waals surface area contributed by atoms with Gasteiger partial charge in [-0.3, -0.25) is 9.58 Å². The average Bonchev–Trinajstić information content (AvgIpc) is 2.64. The van der Waals surface area contributed by atoms with Crippen molar-refractivity contribution in [1.29, 1.82) is 0 Å². The van der Waals surface area contributed by atoms with Crippen molar-refractivity contribution in [3.8, 4) is 0 Å². The Bertz CT molecular complexity index is 340. The van der Waals surface area contributed by atoms with Crippen molar-refractivity contribution in [2.75, 3.05) is 13.1 Å². The molecule has 0 atom stereocenters. The van der Waals surface area contributed by atoms with E-state index in [4.69, 9.17) is 0 Å². The summed E-state index contributed by atoms with van der Waals surface area (Å²) in [5, 5.41) is 4.42.